The minimum Gasteiger partial charge on any atom is -0.484 e. The molecule has 0 atom stereocenters. The van der Waals surface area contributed by atoms with Crippen molar-refractivity contribution >= 4 is 11.6 Å². The lowest BCUT2D eigenvalue weighted by molar-refractivity contribution is 0.278. The monoisotopic (exact) mass is 311 g/mol. The second-order valence-corrected chi connectivity index (χ2v) is 5.12. The minimum atomic E-state index is -0.377. The number of nitrogens with one attached hydrogen (secondary N) is 1. The highest BCUT2D eigenvalue weighted by Crippen LogP contribution is 2.24. The highest BCUT2D eigenvalue weighted by atomic mass is 35.5. The van der Waals surface area contributed by atoms with E-state index in [1.54, 1.807) is 10.7 Å². The van der Waals surface area contributed by atoms with Crippen molar-refractivity contribution in [3.63, 3.8) is 0 Å². The van der Waals surface area contributed by atoms with Gasteiger partial charge in [0.25, 0.3) is 0 Å². The molecule has 0 spiro atoms. The van der Waals surface area contributed by atoms with Crippen LogP contribution in [0.1, 0.15) is 23.9 Å². The maximum Gasteiger partial charge on any atom is 0.165 e. The molecular formula is C15H19ClFN3O. The van der Waals surface area contributed by atoms with Crippen LogP contribution in [0.15, 0.2) is 18.2 Å². The maximum absolute atomic E-state index is 14.0. The van der Waals surface area contributed by atoms with Gasteiger partial charge < -0.3 is 10.1 Å². The Bertz CT molecular complexity index is 628. The molecule has 114 valence electrons. The average Bonchev–Trinajstić information content (AvgIpc) is 2.74. The molecule has 1 aromatic heterocycles. The molecular weight excluding hydrogens is 293 g/mol. The van der Waals surface area contributed by atoms with Crippen molar-refractivity contribution in [2.45, 2.75) is 33.5 Å². The van der Waals surface area contributed by atoms with Crippen LogP contribution in [0.2, 0.25) is 5.02 Å². The van der Waals surface area contributed by atoms with Crippen molar-refractivity contribution in [3.05, 3.63) is 46.0 Å². The van der Waals surface area contributed by atoms with E-state index in [-0.39, 0.29) is 18.2 Å². The first-order chi connectivity index (χ1) is 10.1. The predicted molar refractivity (Wildman–Crippen MR) is 81.1 cm³/mol. The van der Waals surface area contributed by atoms with Crippen molar-refractivity contribution in [1.29, 1.82) is 0 Å². The second kappa shape index (κ2) is 6.91. The lowest BCUT2D eigenvalue weighted by atomic mass is 10.2. The van der Waals surface area contributed by atoms with Gasteiger partial charge in [-0.25, -0.2) is 4.39 Å². The molecule has 6 heteroatoms. The molecule has 0 aliphatic heterocycles. The van der Waals surface area contributed by atoms with Crippen molar-refractivity contribution in [3.8, 4) is 5.75 Å². The van der Waals surface area contributed by atoms with Crippen molar-refractivity contribution < 1.29 is 9.13 Å². The summed E-state index contributed by atoms with van der Waals surface area (Å²) in [6.45, 7) is 5.31. The zero-order chi connectivity index (χ0) is 15.4. The van der Waals surface area contributed by atoms with Gasteiger partial charge in [0.1, 0.15) is 6.61 Å². The first-order valence-electron chi connectivity index (χ1n) is 6.84. The van der Waals surface area contributed by atoms with Crippen LogP contribution in [-0.4, -0.2) is 16.8 Å². The maximum atomic E-state index is 14.0. The van der Waals surface area contributed by atoms with Gasteiger partial charge in [-0.1, -0.05) is 17.7 Å². The number of ether oxygens (including phenoxy) is 1. The number of rotatable bonds is 6. The van der Waals surface area contributed by atoms with Gasteiger partial charge >= 0.3 is 0 Å². The molecule has 0 aliphatic rings. The third kappa shape index (κ3) is 3.54. The number of halogens is 2. The zero-order valence-corrected chi connectivity index (χ0v) is 13.2. The van der Waals surface area contributed by atoms with Crippen LogP contribution in [0.4, 0.5) is 4.39 Å². The molecule has 1 N–H and O–H groups in total. The first-order valence-corrected chi connectivity index (χ1v) is 7.22. The molecule has 0 fully saturated rings. The quantitative estimate of drug-likeness (QED) is 0.889. The third-order valence-corrected chi connectivity index (χ3v) is 3.69. The fraction of sp³-hybridized carbons (Fsp3) is 0.400. The average molecular weight is 312 g/mol. The Hall–Kier alpha value is -1.59. The Morgan fingerprint density at radius 1 is 1.43 bits per heavy atom. The van der Waals surface area contributed by atoms with E-state index in [0.717, 1.165) is 17.0 Å². The summed E-state index contributed by atoms with van der Waals surface area (Å²) in [6.07, 6.45) is 0. The summed E-state index contributed by atoms with van der Waals surface area (Å²) < 4.78 is 21.3. The Balaban J connectivity index is 2.13. The van der Waals surface area contributed by atoms with Crippen LogP contribution in [0.3, 0.4) is 0 Å². The number of nitrogens with zero attached hydrogens (tertiary/aromatic N) is 2. The van der Waals surface area contributed by atoms with Gasteiger partial charge in [0.05, 0.1) is 16.4 Å². The Labute approximate surface area is 128 Å². The van der Waals surface area contributed by atoms with Crippen LogP contribution >= 0.6 is 11.6 Å². The Morgan fingerprint density at radius 2 is 2.19 bits per heavy atom. The van der Waals surface area contributed by atoms with E-state index in [1.165, 1.54) is 6.07 Å². The predicted octanol–water partition coefficient (Wildman–Crippen LogP) is 3.30. The number of benzene rings is 1. The molecule has 0 saturated heterocycles. The molecule has 2 aromatic rings. The molecule has 0 amide bonds. The fourth-order valence-corrected chi connectivity index (χ4v) is 2.32. The first kappa shape index (κ1) is 15.8. The summed E-state index contributed by atoms with van der Waals surface area (Å²) in [6, 6.07) is 4.93. The van der Waals surface area contributed by atoms with Gasteiger partial charge in [0.15, 0.2) is 11.6 Å². The highest BCUT2D eigenvalue weighted by molar-refractivity contribution is 6.31. The van der Waals surface area contributed by atoms with Gasteiger partial charge in [-0.05, 0) is 38.6 Å². The molecule has 0 aliphatic carbocycles. The van der Waals surface area contributed by atoms with Gasteiger partial charge in [0, 0.05) is 13.1 Å². The van der Waals surface area contributed by atoms with E-state index in [9.17, 15) is 4.39 Å². The van der Waals surface area contributed by atoms with Crippen LogP contribution in [0.25, 0.3) is 0 Å². The highest BCUT2D eigenvalue weighted by Gasteiger charge is 2.14. The minimum absolute atomic E-state index is 0.190. The van der Waals surface area contributed by atoms with Crippen molar-refractivity contribution in [2.75, 3.05) is 7.05 Å². The van der Waals surface area contributed by atoms with Crippen LogP contribution < -0.4 is 10.1 Å². The summed E-state index contributed by atoms with van der Waals surface area (Å²) >= 11 is 6.20. The third-order valence-electron chi connectivity index (χ3n) is 3.19. The van der Waals surface area contributed by atoms with Gasteiger partial charge in [-0.3, -0.25) is 4.68 Å². The van der Waals surface area contributed by atoms with E-state index in [1.807, 2.05) is 27.0 Å². The molecule has 21 heavy (non-hydrogen) atoms. The summed E-state index contributed by atoms with van der Waals surface area (Å²) in [5.41, 5.74) is 2.38. The zero-order valence-electron chi connectivity index (χ0n) is 12.4. The van der Waals surface area contributed by atoms with Gasteiger partial charge in [0.2, 0.25) is 0 Å². The lowest BCUT2D eigenvalue weighted by Gasteiger charge is -2.10. The largest absolute Gasteiger partial charge is 0.484 e. The number of aryl methyl sites for hydroxylation is 2. The molecule has 2 rings (SSSR count). The molecule has 4 nitrogen and oxygen atoms in total. The molecule has 0 bridgehead atoms. The number of hydrogen-bond donors (Lipinski definition) is 1. The molecule has 1 heterocycles. The normalized spacial score (nSPS) is 10.9. The van der Waals surface area contributed by atoms with Gasteiger partial charge in [-0.15, -0.1) is 0 Å². The van der Waals surface area contributed by atoms with E-state index in [0.29, 0.717) is 18.1 Å². The van der Waals surface area contributed by atoms with Crippen LogP contribution in [0, 0.1) is 12.7 Å². The molecule has 0 radical (unpaired) electrons. The molecule has 0 unspecified atom stereocenters. The topological polar surface area (TPSA) is 39.1 Å². The molecule has 1 aromatic carbocycles. The van der Waals surface area contributed by atoms with Crippen LogP contribution in [-0.2, 0) is 19.7 Å². The smallest absolute Gasteiger partial charge is 0.165 e. The number of hydrogen-bond acceptors (Lipinski definition) is 3. The summed E-state index contributed by atoms with van der Waals surface area (Å²) in [7, 11) is 1.82. The fourth-order valence-electron chi connectivity index (χ4n) is 2.13. The second-order valence-electron chi connectivity index (χ2n) is 4.75. The summed E-state index contributed by atoms with van der Waals surface area (Å²) in [5.74, 6) is -0.161. The SMILES string of the molecule is CCn1nc(C)c(Cl)c1COc1ccc(CNC)cc1F. The standard InChI is InChI=1S/C15H19ClFN3O/c1-4-20-13(15(16)10(2)19-20)9-21-14-6-5-11(8-18-3)7-12(14)17/h5-7,18H,4,8-9H2,1-3H3. The van der Waals surface area contributed by atoms with Crippen molar-refractivity contribution in [1.82, 2.24) is 15.1 Å². The van der Waals surface area contributed by atoms with Gasteiger partial charge in [-0.2, -0.15) is 5.10 Å². The Kier molecular flexibility index (Phi) is 5.20. The summed E-state index contributed by atoms with van der Waals surface area (Å²) in [4.78, 5) is 0. The van der Waals surface area contributed by atoms with E-state index < -0.39 is 0 Å². The lowest BCUT2D eigenvalue weighted by Crippen LogP contribution is -2.08. The van der Waals surface area contributed by atoms with Crippen LogP contribution in [0.5, 0.6) is 5.75 Å². The van der Waals surface area contributed by atoms with E-state index in [4.69, 9.17) is 16.3 Å². The number of aromatic nitrogens is 2. The summed E-state index contributed by atoms with van der Waals surface area (Å²) in [5, 5.41) is 7.86. The van der Waals surface area contributed by atoms with E-state index >= 15 is 0 Å². The van der Waals surface area contributed by atoms with E-state index in [2.05, 4.69) is 10.4 Å². The Morgan fingerprint density at radius 3 is 2.81 bits per heavy atom. The molecule has 0 saturated carbocycles. The van der Waals surface area contributed by atoms with Crippen molar-refractivity contribution in [2.24, 2.45) is 0 Å².